The number of aliphatic carboxylic acids is 1. The molecule has 0 unspecified atom stereocenters. The van der Waals surface area contributed by atoms with Gasteiger partial charge in [-0.1, -0.05) is 6.08 Å². The maximum atomic E-state index is 11.5. The Morgan fingerprint density at radius 1 is 1.43 bits per heavy atom. The summed E-state index contributed by atoms with van der Waals surface area (Å²) in [4.78, 5) is 23.4. The molecule has 80 valence electrons. The van der Waals surface area contributed by atoms with Crippen molar-refractivity contribution in [2.75, 3.05) is 6.54 Å². The fraction of sp³-hybridized carbons (Fsp3) is 0.600. The number of rotatable bonds is 4. The predicted octanol–water partition coefficient (Wildman–Crippen LogP) is 1.27. The number of carboxylic acid groups (broad SMARTS) is 1. The summed E-state index contributed by atoms with van der Waals surface area (Å²) in [6.45, 7) is 9.48. The SMILES string of the molecule is C=CCN(C(=O)CC(=O)O)C(C)(C)C. The van der Waals surface area contributed by atoms with Gasteiger partial charge in [-0.25, -0.2) is 0 Å². The van der Waals surface area contributed by atoms with Crippen LogP contribution in [-0.2, 0) is 9.59 Å². The van der Waals surface area contributed by atoms with Crippen LogP contribution >= 0.6 is 0 Å². The van der Waals surface area contributed by atoms with Crippen LogP contribution in [0.4, 0.5) is 0 Å². The standard InChI is InChI=1S/C10H17NO3/c1-5-6-11(10(2,3)4)8(12)7-9(13)14/h5H,1,6-7H2,2-4H3,(H,13,14). The van der Waals surface area contributed by atoms with E-state index >= 15 is 0 Å². The molecule has 0 aromatic heterocycles. The van der Waals surface area contributed by atoms with E-state index in [1.54, 1.807) is 6.08 Å². The third kappa shape index (κ3) is 4.07. The molecule has 0 spiro atoms. The molecule has 0 aliphatic carbocycles. The number of carboxylic acids is 1. The molecular weight excluding hydrogens is 182 g/mol. The van der Waals surface area contributed by atoms with E-state index in [1.165, 1.54) is 4.90 Å². The molecule has 0 heterocycles. The maximum Gasteiger partial charge on any atom is 0.312 e. The van der Waals surface area contributed by atoms with Gasteiger partial charge in [-0.15, -0.1) is 6.58 Å². The number of carbonyl (C=O) groups is 2. The van der Waals surface area contributed by atoms with Gasteiger partial charge in [0, 0.05) is 12.1 Å². The number of carbonyl (C=O) groups excluding carboxylic acids is 1. The zero-order chi connectivity index (χ0) is 11.4. The Kier molecular flexibility index (Phi) is 4.34. The van der Waals surface area contributed by atoms with Gasteiger partial charge in [0.1, 0.15) is 6.42 Å². The van der Waals surface area contributed by atoms with E-state index in [4.69, 9.17) is 5.11 Å². The quantitative estimate of drug-likeness (QED) is 0.548. The minimum Gasteiger partial charge on any atom is -0.481 e. The molecule has 1 amide bonds. The zero-order valence-corrected chi connectivity index (χ0v) is 8.91. The van der Waals surface area contributed by atoms with E-state index in [2.05, 4.69) is 6.58 Å². The number of hydrogen-bond donors (Lipinski definition) is 1. The van der Waals surface area contributed by atoms with Gasteiger partial charge >= 0.3 is 5.97 Å². The Balaban J connectivity index is 4.57. The van der Waals surface area contributed by atoms with E-state index in [-0.39, 0.29) is 11.4 Å². The van der Waals surface area contributed by atoms with Crippen molar-refractivity contribution in [2.24, 2.45) is 0 Å². The zero-order valence-electron chi connectivity index (χ0n) is 8.91. The summed E-state index contributed by atoms with van der Waals surface area (Å²) in [5.41, 5.74) is -0.374. The molecule has 0 aromatic carbocycles. The largest absolute Gasteiger partial charge is 0.481 e. The van der Waals surface area contributed by atoms with Gasteiger partial charge in [0.25, 0.3) is 0 Å². The highest BCUT2D eigenvalue weighted by molar-refractivity contribution is 5.93. The third-order valence-electron chi connectivity index (χ3n) is 1.72. The molecule has 0 aliphatic heterocycles. The van der Waals surface area contributed by atoms with Crippen LogP contribution in [0.3, 0.4) is 0 Å². The Hall–Kier alpha value is -1.32. The lowest BCUT2D eigenvalue weighted by molar-refractivity contribution is -0.146. The van der Waals surface area contributed by atoms with Gasteiger partial charge in [0.05, 0.1) is 0 Å². The van der Waals surface area contributed by atoms with Crippen molar-refractivity contribution in [1.82, 2.24) is 4.90 Å². The number of amides is 1. The van der Waals surface area contributed by atoms with Crippen molar-refractivity contribution in [3.63, 3.8) is 0 Å². The highest BCUT2D eigenvalue weighted by Crippen LogP contribution is 2.14. The van der Waals surface area contributed by atoms with E-state index in [9.17, 15) is 9.59 Å². The molecule has 0 atom stereocenters. The van der Waals surface area contributed by atoms with Crippen LogP contribution in [0.25, 0.3) is 0 Å². The van der Waals surface area contributed by atoms with Crippen LogP contribution in [0.2, 0.25) is 0 Å². The van der Waals surface area contributed by atoms with Crippen molar-refractivity contribution in [3.05, 3.63) is 12.7 Å². The number of nitrogens with zero attached hydrogens (tertiary/aromatic N) is 1. The molecule has 14 heavy (non-hydrogen) atoms. The van der Waals surface area contributed by atoms with Gasteiger partial charge in [0.2, 0.25) is 5.91 Å². The highest BCUT2D eigenvalue weighted by atomic mass is 16.4. The van der Waals surface area contributed by atoms with Gasteiger partial charge < -0.3 is 10.0 Å². The molecule has 0 saturated carbocycles. The lowest BCUT2D eigenvalue weighted by Gasteiger charge is -2.34. The minimum absolute atomic E-state index is 0.371. The van der Waals surface area contributed by atoms with E-state index in [0.29, 0.717) is 6.54 Å². The first-order valence-corrected chi connectivity index (χ1v) is 4.42. The second kappa shape index (κ2) is 4.79. The molecule has 0 fully saturated rings. The average Bonchev–Trinajstić information content (AvgIpc) is 1.96. The molecule has 0 rings (SSSR count). The van der Waals surface area contributed by atoms with E-state index < -0.39 is 12.4 Å². The molecule has 0 saturated heterocycles. The molecular formula is C10H17NO3. The van der Waals surface area contributed by atoms with Gasteiger partial charge in [-0.2, -0.15) is 0 Å². The smallest absolute Gasteiger partial charge is 0.312 e. The van der Waals surface area contributed by atoms with Crippen LogP contribution in [0, 0.1) is 0 Å². The third-order valence-corrected chi connectivity index (χ3v) is 1.72. The molecule has 0 aliphatic rings. The molecule has 4 nitrogen and oxygen atoms in total. The second-order valence-corrected chi connectivity index (χ2v) is 4.03. The average molecular weight is 199 g/mol. The van der Waals surface area contributed by atoms with Gasteiger partial charge in [-0.3, -0.25) is 9.59 Å². The van der Waals surface area contributed by atoms with Crippen LogP contribution in [0.15, 0.2) is 12.7 Å². The minimum atomic E-state index is -1.10. The maximum absolute atomic E-state index is 11.5. The van der Waals surface area contributed by atoms with Crippen LogP contribution in [0.5, 0.6) is 0 Å². The van der Waals surface area contributed by atoms with Crippen molar-refractivity contribution in [3.8, 4) is 0 Å². The lowest BCUT2D eigenvalue weighted by Crippen LogP contribution is -2.46. The summed E-state index contributed by atoms with van der Waals surface area (Å²) >= 11 is 0. The van der Waals surface area contributed by atoms with Gasteiger partial charge in [-0.05, 0) is 20.8 Å². The molecule has 0 bridgehead atoms. The van der Waals surface area contributed by atoms with E-state index in [0.717, 1.165) is 0 Å². The van der Waals surface area contributed by atoms with Crippen LogP contribution in [-0.4, -0.2) is 34.0 Å². The van der Waals surface area contributed by atoms with Crippen molar-refractivity contribution in [2.45, 2.75) is 32.7 Å². The summed E-state index contributed by atoms with van der Waals surface area (Å²) in [7, 11) is 0. The first-order chi connectivity index (χ1) is 6.29. The normalized spacial score (nSPS) is 10.8. The van der Waals surface area contributed by atoms with Crippen molar-refractivity contribution in [1.29, 1.82) is 0 Å². The molecule has 0 aromatic rings. The summed E-state index contributed by atoms with van der Waals surface area (Å²) in [6.07, 6.45) is 1.12. The fourth-order valence-electron chi connectivity index (χ4n) is 1.10. The second-order valence-electron chi connectivity index (χ2n) is 4.03. The summed E-state index contributed by atoms with van der Waals surface area (Å²) in [6, 6.07) is 0. The molecule has 1 N–H and O–H groups in total. The Morgan fingerprint density at radius 2 is 1.93 bits per heavy atom. The summed E-state index contributed by atoms with van der Waals surface area (Å²) < 4.78 is 0. The van der Waals surface area contributed by atoms with Crippen LogP contribution < -0.4 is 0 Å². The molecule has 4 heteroatoms. The van der Waals surface area contributed by atoms with Crippen molar-refractivity contribution >= 4 is 11.9 Å². The van der Waals surface area contributed by atoms with Crippen molar-refractivity contribution < 1.29 is 14.7 Å². The molecule has 0 radical (unpaired) electrons. The summed E-state index contributed by atoms with van der Waals surface area (Å²) in [5, 5.41) is 8.49. The van der Waals surface area contributed by atoms with Crippen LogP contribution in [0.1, 0.15) is 27.2 Å². The topological polar surface area (TPSA) is 57.6 Å². The Labute approximate surface area is 84.2 Å². The van der Waals surface area contributed by atoms with E-state index in [1.807, 2.05) is 20.8 Å². The first kappa shape index (κ1) is 12.7. The Morgan fingerprint density at radius 3 is 2.21 bits per heavy atom. The predicted molar refractivity (Wildman–Crippen MR) is 53.9 cm³/mol. The summed E-state index contributed by atoms with van der Waals surface area (Å²) in [5.74, 6) is -1.49. The highest BCUT2D eigenvalue weighted by Gasteiger charge is 2.26. The van der Waals surface area contributed by atoms with Gasteiger partial charge in [0.15, 0.2) is 0 Å². The fourth-order valence-corrected chi connectivity index (χ4v) is 1.10. The lowest BCUT2D eigenvalue weighted by atomic mass is 10.1. The number of hydrogen-bond acceptors (Lipinski definition) is 2. The Bertz CT molecular complexity index is 240. The first-order valence-electron chi connectivity index (χ1n) is 4.42. The monoisotopic (exact) mass is 199 g/mol.